The summed E-state index contributed by atoms with van der Waals surface area (Å²) in [6.45, 7) is 7.06. The molecule has 16 heavy (non-hydrogen) atoms. The highest BCUT2D eigenvalue weighted by Gasteiger charge is 2.43. The summed E-state index contributed by atoms with van der Waals surface area (Å²) in [6, 6.07) is 0. The van der Waals surface area contributed by atoms with E-state index in [1.54, 1.807) is 6.92 Å². The van der Waals surface area contributed by atoms with E-state index >= 15 is 0 Å². The SMILES string of the molecule is CC1C(OC(C)(C)C)OC(CO)C(O)C1O. The summed E-state index contributed by atoms with van der Waals surface area (Å²) in [5.41, 5.74) is -0.402. The van der Waals surface area contributed by atoms with Gasteiger partial charge in [-0.25, -0.2) is 0 Å². The Hall–Kier alpha value is -0.200. The minimum absolute atomic E-state index is 0.336. The normalized spacial score (nSPS) is 41.1. The Bertz CT molecular complexity index is 223. The third-order valence-electron chi connectivity index (χ3n) is 2.66. The molecule has 0 aromatic rings. The van der Waals surface area contributed by atoms with Crippen molar-refractivity contribution in [1.29, 1.82) is 0 Å². The van der Waals surface area contributed by atoms with Crippen LogP contribution in [0.2, 0.25) is 0 Å². The minimum atomic E-state index is -1.07. The van der Waals surface area contributed by atoms with E-state index < -0.39 is 30.2 Å². The van der Waals surface area contributed by atoms with Crippen LogP contribution >= 0.6 is 0 Å². The molecule has 96 valence electrons. The van der Waals surface area contributed by atoms with E-state index in [0.717, 1.165) is 0 Å². The van der Waals surface area contributed by atoms with Gasteiger partial charge in [0.05, 0.1) is 18.3 Å². The number of aliphatic hydroxyl groups excluding tert-OH is 3. The summed E-state index contributed by atoms with van der Waals surface area (Å²) in [5.74, 6) is -0.336. The van der Waals surface area contributed by atoms with Crippen LogP contribution in [0.25, 0.3) is 0 Å². The highest BCUT2D eigenvalue weighted by molar-refractivity contribution is 4.87. The summed E-state index contributed by atoms with van der Waals surface area (Å²) < 4.78 is 11.1. The highest BCUT2D eigenvalue weighted by atomic mass is 16.7. The second-order valence-corrected chi connectivity index (χ2v) is 5.30. The molecular formula is C11H22O5. The standard InChI is InChI=1S/C11H22O5/c1-6-8(13)9(14)7(5-12)15-10(6)16-11(2,3)4/h6-10,12-14H,5H2,1-4H3. The van der Waals surface area contributed by atoms with Gasteiger partial charge in [0.2, 0.25) is 0 Å². The largest absolute Gasteiger partial charge is 0.394 e. The summed E-state index contributed by atoms with van der Waals surface area (Å²) in [4.78, 5) is 0. The molecule has 0 radical (unpaired) electrons. The average Bonchev–Trinajstić information content (AvgIpc) is 2.17. The van der Waals surface area contributed by atoms with Gasteiger partial charge in [0.25, 0.3) is 0 Å². The second kappa shape index (κ2) is 4.98. The van der Waals surface area contributed by atoms with Gasteiger partial charge in [-0.2, -0.15) is 0 Å². The van der Waals surface area contributed by atoms with Gasteiger partial charge in [-0.1, -0.05) is 6.92 Å². The van der Waals surface area contributed by atoms with Gasteiger partial charge in [0, 0.05) is 5.92 Å². The number of rotatable bonds is 2. The third kappa shape index (κ3) is 3.15. The van der Waals surface area contributed by atoms with E-state index in [4.69, 9.17) is 14.6 Å². The van der Waals surface area contributed by atoms with Gasteiger partial charge in [0.15, 0.2) is 6.29 Å². The Labute approximate surface area is 96.0 Å². The van der Waals surface area contributed by atoms with Crippen LogP contribution in [-0.4, -0.2) is 52.1 Å². The van der Waals surface area contributed by atoms with Crippen molar-refractivity contribution < 1.29 is 24.8 Å². The maximum atomic E-state index is 9.79. The molecular weight excluding hydrogens is 212 g/mol. The zero-order chi connectivity index (χ0) is 12.5. The van der Waals surface area contributed by atoms with Crippen molar-refractivity contribution in [3.05, 3.63) is 0 Å². The molecule has 1 aliphatic rings. The number of hydrogen-bond donors (Lipinski definition) is 3. The van der Waals surface area contributed by atoms with Crippen LogP contribution in [0.1, 0.15) is 27.7 Å². The van der Waals surface area contributed by atoms with Crippen LogP contribution in [0.15, 0.2) is 0 Å². The fraction of sp³-hybridized carbons (Fsp3) is 1.00. The molecule has 5 atom stereocenters. The maximum Gasteiger partial charge on any atom is 0.163 e. The molecule has 5 nitrogen and oxygen atoms in total. The third-order valence-corrected chi connectivity index (χ3v) is 2.66. The highest BCUT2D eigenvalue weighted by Crippen LogP contribution is 2.29. The Morgan fingerprint density at radius 1 is 1.19 bits per heavy atom. The first kappa shape index (κ1) is 13.9. The number of aliphatic hydroxyl groups is 3. The van der Waals surface area contributed by atoms with E-state index in [-0.39, 0.29) is 12.5 Å². The lowest BCUT2D eigenvalue weighted by Gasteiger charge is -2.42. The molecule has 0 spiro atoms. The van der Waals surface area contributed by atoms with Crippen molar-refractivity contribution in [2.24, 2.45) is 5.92 Å². The molecule has 5 unspecified atom stereocenters. The monoisotopic (exact) mass is 234 g/mol. The molecule has 1 rings (SSSR count). The zero-order valence-electron chi connectivity index (χ0n) is 10.3. The predicted molar refractivity (Wildman–Crippen MR) is 57.8 cm³/mol. The van der Waals surface area contributed by atoms with E-state index in [2.05, 4.69) is 0 Å². The van der Waals surface area contributed by atoms with Crippen LogP contribution in [0.4, 0.5) is 0 Å². The lowest BCUT2D eigenvalue weighted by atomic mass is 9.92. The summed E-state index contributed by atoms with van der Waals surface area (Å²) >= 11 is 0. The summed E-state index contributed by atoms with van der Waals surface area (Å²) in [7, 11) is 0. The van der Waals surface area contributed by atoms with Gasteiger partial charge in [-0.15, -0.1) is 0 Å². The molecule has 0 aromatic heterocycles. The second-order valence-electron chi connectivity index (χ2n) is 5.30. The molecule has 5 heteroatoms. The van der Waals surface area contributed by atoms with Gasteiger partial charge in [0.1, 0.15) is 12.2 Å². The van der Waals surface area contributed by atoms with Crippen molar-refractivity contribution in [2.45, 2.75) is 57.9 Å². The van der Waals surface area contributed by atoms with Crippen LogP contribution in [0.5, 0.6) is 0 Å². The fourth-order valence-electron chi connectivity index (χ4n) is 1.70. The summed E-state index contributed by atoms with van der Waals surface area (Å²) in [6.07, 6.45) is -3.42. The molecule has 3 N–H and O–H groups in total. The topological polar surface area (TPSA) is 79.2 Å². The van der Waals surface area contributed by atoms with Crippen LogP contribution < -0.4 is 0 Å². The van der Waals surface area contributed by atoms with Gasteiger partial charge in [-0.3, -0.25) is 0 Å². The minimum Gasteiger partial charge on any atom is -0.394 e. The molecule has 0 bridgehead atoms. The Morgan fingerprint density at radius 2 is 1.75 bits per heavy atom. The van der Waals surface area contributed by atoms with E-state index in [1.165, 1.54) is 0 Å². The average molecular weight is 234 g/mol. The Balaban J connectivity index is 2.71. The molecule has 1 heterocycles. The van der Waals surface area contributed by atoms with Gasteiger partial charge in [-0.05, 0) is 20.8 Å². The summed E-state index contributed by atoms with van der Waals surface area (Å²) in [5, 5.41) is 28.5. The van der Waals surface area contributed by atoms with Crippen LogP contribution in [0, 0.1) is 5.92 Å². The van der Waals surface area contributed by atoms with Gasteiger partial charge >= 0.3 is 0 Å². The zero-order valence-corrected chi connectivity index (χ0v) is 10.3. The molecule has 0 aromatic carbocycles. The lowest BCUT2D eigenvalue weighted by molar-refractivity contribution is -0.304. The number of ether oxygens (including phenoxy) is 2. The molecule has 1 aliphatic heterocycles. The van der Waals surface area contributed by atoms with Crippen molar-refractivity contribution in [2.75, 3.05) is 6.61 Å². The smallest absolute Gasteiger partial charge is 0.163 e. The molecule has 1 fully saturated rings. The van der Waals surface area contributed by atoms with Crippen LogP contribution in [-0.2, 0) is 9.47 Å². The molecule has 0 aliphatic carbocycles. The van der Waals surface area contributed by atoms with Gasteiger partial charge < -0.3 is 24.8 Å². The van der Waals surface area contributed by atoms with E-state index in [1.807, 2.05) is 20.8 Å². The predicted octanol–water partition coefficient (Wildman–Crippen LogP) is -0.123. The first-order valence-corrected chi connectivity index (χ1v) is 5.56. The van der Waals surface area contributed by atoms with Crippen LogP contribution in [0.3, 0.4) is 0 Å². The first-order chi connectivity index (χ1) is 7.26. The van der Waals surface area contributed by atoms with Crippen molar-refractivity contribution in [1.82, 2.24) is 0 Å². The van der Waals surface area contributed by atoms with Crippen molar-refractivity contribution in [3.63, 3.8) is 0 Å². The lowest BCUT2D eigenvalue weighted by Crippen LogP contribution is -2.56. The molecule has 0 amide bonds. The fourth-order valence-corrected chi connectivity index (χ4v) is 1.70. The molecule has 1 saturated heterocycles. The number of hydrogen-bond acceptors (Lipinski definition) is 5. The maximum absolute atomic E-state index is 9.79. The van der Waals surface area contributed by atoms with Crippen molar-refractivity contribution >= 4 is 0 Å². The Kier molecular flexibility index (Phi) is 4.31. The molecule has 0 saturated carbocycles. The quantitative estimate of drug-likeness (QED) is 0.620. The van der Waals surface area contributed by atoms with E-state index in [9.17, 15) is 10.2 Å². The Morgan fingerprint density at radius 3 is 2.19 bits per heavy atom. The first-order valence-electron chi connectivity index (χ1n) is 5.56. The van der Waals surface area contributed by atoms with E-state index in [0.29, 0.717) is 0 Å². The van der Waals surface area contributed by atoms with Crippen molar-refractivity contribution in [3.8, 4) is 0 Å².